The van der Waals surface area contributed by atoms with Gasteiger partial charge >= 0.3 is 0 Å². The van der Waals surface area contributed by atoms with Gasteiger partial charge < -0.3 is 14.8 Å². The molecule has 0 atom stereocenters. The van der Waals surface area contributed by atoms with Crippen LogP contribution in [0.3, 0.4) is 0 Å². The van der Waals surface area contributed by atoms with E-state index in [1.54, 1.807) is 11.3 Å². The van der Waals surface area contributed by atoms with Crippen LogP contribution in [0.1, 0.15) is 34.5 Å². The number of nitrogens with zero attached hydrogens (tertiary/aromatic N) is 2. The lowest BCUT2D eigenvalue weighted by molar-refractivity contribution is 0.251. The van der Waals surface area contributed by atoms with Gasteiger partial charge in [-0.25, -0.2) is 0 Å². The maximum absolute atomic E-state index is 9.09. The average Bonchev–Trinajstić information content (AvgIpc) is 3.11. The van der Waals surface area contributed by atoms with E-state index in [0.717, 1.165) is 21.7 Å². The van der Waals surface area contributed by atoms with Crippen LogP contribution in [0.2, 0.25) is 0 Å². The second-order valence-corrected chi connectivity index (χ2v) is 6.38. The topological polar surface area (TPSA) is 71.2 Å². The normalized spacial score (nSPS) is 14.7. The summed E-state index contributed by atoms with van der Waals surface area (Å²) in [6.07, 6.45) is 2.51. The summed E-state index contributed by atoms with van der Waals surface area (Å²) in [4.78, 5) is 0. The Morgan fingerprint density at radius 1 is 1.29 bits per heavy atom. The number of aliphatic hydroxyl groups is 1. The summed E-state index contributed by atoms with van der Waals surface area (Å²) in [6, 6.07) is 7.75. The largest absolute Gasteiger partial charge is 0.459 e. The number of rotatable bonds is 5. The third-order valence-electron chi connectivity index (χ3n) is 3.58. The zero-order chi connectivity index (χ0) is 14.2. The van der Waals surface area contributed by atoms with Gasteiger partial charge in [-0.3, -0.25) is 0 Å². The summed E-state index contributed by atoms with van der Waals surface area (Å²) < 4.78 is 5.47. The Morgan fingerprint density at radius 2 is 2.19 bits per heavy atom. The van der Waals surface area contributed by atoms with Crippen LogP contribution in [0, 0.1) is 0 Å². The first-order valence-electron chi connectivity index (χ1n) is 7.01. The van der Waals surface area contributed by atoms with Crippen molar-refractivity contribution in [2.24, 2.45) is 0 Å². The van der Waals surface area contributed by atoms with Crippen molar-refractivity contribution in [3.63, 3.8) is 0 Å². The van der Waals surface area contributed by atoms with Crippen molar-refractivity contribution in [3.05, 3.63) is 40.0 Å². The van der Waals surface area contributed by atoms with Crippen LogP contribution >= 0.6 is 11.3 Å². The summed E-state index contributed by atoms with van der Waals surface area (Å²) in [5, 5.41) is 24.1. The molecule has 1 fully saturated rings. The lowest BCUT2D eigenvalue weighted by atomic mass is 10.2. The molecular weight excluding hydrogens is 286 g/mol. The highest BCUT2D eigenvalue weighted by Gasteiger charge is 2.27. The fourth-order valence-corrected chi connectivity index (χ4v) is 3.25. The van der Waals surface area contributed by atoms with Crippen molar-refractivity contribution in [1.82, 2.24) is 10.2 Å². The Labute approximate surface area is 125 Å². The van der Waals surface area contributed by atoms with Crippen molar-refractivity contribution in [1.29, 1.82) is 0 Å². The Hall–Kier alpha value is -1.92. The van der Waals surface area contributed by atoms with Gasteiger partial charge in [0.15, 0.2) is 0 Å². The van der Waals surface area contributed by atoms with Crippen molar-refractivity contribution in [2.75, 3.05) is 5.32 Å². The third kappa shape index (κ3) is 2.64. The first-order chi connectivity index (χ1) is 10.3. The summed E-state index contributed by atoms with van der Waals surface area (Å²) in [7, 11) is 0. The van der Waals surface area contributed by atoms with Gasteiger partial charge in [-0.1, -0.05) is 11.3 Å². The number of fused-ring (bicyclic) bond motifs is 1. The third-order valence-corrected chi connectivity index (χ3v) is 4.66. The molecule has 0 aliphatic heterocycles. The van der Waals surface area contributed by atoms with Crippen LogP contribution in [-0.2, 0) is 13.2 Å². The van der Waals surface area contributed by atoms with Crippen LogP contribution < -0.4 is 5.32 Å². The molecule has 0 spiro atoms. The highest BCUT2D eigenvalue weighted by molar-refractivity contribution is 7.11. The molecule has 0 saturated heterocycles. The van der Waals surface area contributed by atoms with E-state index in [2.05, 4.69) is 15.5 Å². The molecule has 21 heavy (non-hydrogen) atoms. The van der Waals surface area contributed by atoms with E-state index in [0.29, 0.717) is 18.2 Å². The maximum atomic E-state index is 9.09. The van der Waals surface area contributed by atoms with Gasteiger partial charge in [-0.05, 0) is 37.1 Å². The number of benzene rings is 1. The van der Waals surface area contributed by atoms with Gasteiger partial charge in [0.2, 0.25) is 0 Å². The van der Waals surface area contributed by atoms with Crippen LogP contribution in [0.15, 0.2) is 28.7 Å². The predicted molar refractivity (Wildman–Crippen MR) is 81.3 cm³/mol. The zero-order valence-electron chi connectivity index (χ0n) is 11.4. The molecule has 108 valence electrons. The fraction of sp³-hybridized carbons (Fsp3) is 0.333. The SMILES string of the molecule is OCc1cc2cc(NCc3nnc(C4CC4)s3)ccc2o1. The molecular formula is C15H15N3O2S. The van der Waals surface area contributed by atoms with E-state index < -0.39 is 0 Å². The Balaban J connectivity index is 1.47. The molecule has 2 aromatic heterocycles. The van der Waals surface area contributed by atoms with Gasteiger partial charge in [-0.15, -0.1) is 10.2 Å². The number of anilines is 1. The molecule has 2 heterocycles. The number of furan rings is 1. The number of aliphatic hydroxyl groups excluding tert-OH is 1. The van der Waals surface area contributed by atoms with Crippen LogP contribution in [0.5, 0.6) is 0 Å². The predicted octanol–water partition coefficient (Wildman–Crippen LogP) is 3.27. The highest BCUT2D eigenvalue weighted by Crippen LogP contribution is 2.41. The van der Waals surface area contributed by atoms with Gasteiger partial charge in [-0.2, -0.15) is 0 Å². The second kappa shape index (κ2) is 5.13. The molecule has 1 aromatic carbocycles. The Kier molecular flexibility index (Phi) is 3.12. The van der Waals surface area contributed by atoms with E-state index >= 15 is 0 Å². The number of nitrogens with one attached hydrogen (secondary N) is 1. The summed E-state index contributed by atoms with van der Waals surface area (Å²) in [6.45, 7) is 0.604. The number of hydrogen-bond donors (Lipinski definition) is 2. The van der Waals surface area contributed by atoms with Crippen LogP contribution in [0.4, 0.5) is 5.69 Å². The van der Waals surface area contributed by atoms with Gasteiger partial charge in [0.1, 0.15) is 28.0 Å². The monoisotopic (exact) mass is 301 g/mol. The van der Waals surface area contributed by atoms with E-state index in [1.165, 1.54) is 17.8 Å². The maximum Gasteiger partial charge on any atom is 0.136 e. The molecule has 3 aromatic rings. The van der Waals surface area contributed by atoms with E-state index in [4.69, 9.17) is 9.52 Å². The molecule has 1 aliphatic carbocycles. The zero-order valence-corrected chi connectivity index (χ0v) is 12.2. The van der Waals surface area contributed by atoms with Gasteiger partial charge in [0.05, 0.1) is 6.54 Å². The standard InChI is InChI=1S/C15H15N3O2S/c19-8-12-6-10-5-11(3-4-13(10)20-12)16-7-14-17-18-15(21-14)9-1-2-9/h3-6,9,16,19H,1-2,7-8H2. The summed E-state index contributed by atoms with van der Waals surface area (Å²) >= 11 is 1.70. The fourth-order valence-electron chi connectivity index (χ4n) is 2.30. The van der Waals surface area contributed by atoms with Crippen molar-refractivity contribution < 1.29 is 9.52 Å². The summed E-state index contributed by atoms with van der Waals surface area (Å²) in [5.74, 6) is 1.25. The lowest BCUT2D eigenvalue weighted by Gasteiger charge is -2.03. The molecule has 4 rings (SSSR count). The van der Waals surface area contributed by atoms with Crippen LogP contribution in [-0.4, -0.2) is 15.3 Å². The average molecular weight is 301 g/mol. The second-order valence-electron chi connectivity index (χ2n) is 5.29. The summed E-state index contributed by atoms with van der Waals surface area (Å²) in [5.41, 5.74) is 1.80. The first kappa shape index (κ1) is 12.8. The minimum absolute atomic E-state index is 0.0772. The van der Waals surface area contributed by atoms with Gasteiger partial charge in [0.25, 0.3) is 0 Å². The molecule has 1 saturated carbocycles. The van der Waals surface area contributed by atoms with Crippen LogP contribution in [0.25, 0.3) is 11.0 Å². The smallest absolute Gasteiger partial charge is 0.136 e. The molecule has 6 heteroatoms. The van der Waals surface area contributed by atoms with Crippen molar-refractivity contribution >= 4 is 28.0 Å². The Bertz CT molecular complexity index is 776. The molecule has 2 N–H and O–H groups in total. The minimum atomic E-state index is -0.0772. The van der Waals surface area contributed by atoms with E-state index in [9.17, 15) is 0 Å². The first-order valence-corrected chi connectivity index (χ1v) is 7.83. The van der Waals surface area contributed by atoms with Gasteiger partial charge in [0, 0.05) is 17.0 Å². The lowest BCUT2D eigenvalue weighted by Crippen LogP contribution is -1.98. The molecule has 0 bridgehead atoms. The van der Waals surface area contributed by atoms with E-state index in [-0.39, 0.29) is 6.61 Å². The number of aromatic nitrogens is 2. The van der Waals surface area contributed by atoms with Crippen molar-refractivity contribution in [2.45, 2.75) is 31.9 Å². The molecule has 0 unspecified atom stereocenters. The minimum Gasteiger partial charge on any atom is -0.459 e. The molecule has 0 amide bonds. The Morgan fingerprint density at radius 3 is 3.00 bits per heavy atom. The quantitative estimate of drug-likeness (QED) is 0.757. The molecule has 0 radical (unpaired) electrons. The number of hydrogen-bond acceptors (Lipinski definition) is 6. The molecule has 1 aliphatic rings. The highest BCUT2D eigenvalue weighted by atomic mass is 32.1. The molecule has 5 nitrogen and oxygen atoms in total. The van der Waals surface area contributed by atoms with E-state index in [1.807, 2.05) is 24.3 Å². The van der Waals surface area contributed by atoms with Crippen molar-refractivity contribution in [3.8, 4) is 0 Å².